The number of amides is 1. The van der Waals surface area contributed by atoms with Gasteiger partial charge in [-0.15, -0.1) is 0 Å². The van der Waals surface area contributed by atoms with Gasteiger partial charge in [-0.1, -0.05) is 25.0 Å². The van der Waals surface area contributed by atoms with Gasteiger partial charge in [0.05, 0.1) is 5.56 Å². The zero-order valence-electron chi connectivity index (χ0n) is 12.0. The smallest absolute Gasteiger partial charge is 0.256 e. The molecule has 0 aliphatic carbocycles. The van der Waals surface area contributed by atoms with Gasteiger partial charge in [-0.05, 0) is 38.8 Å². The van der Waals surface area contributed by atoms with E-state index < -0.39 is 0 Å². The molecule has 19 heavy (non-hydrogen) atoms. The largest absolute Gasteiger partial charge is 0.385 e. The summed E-state index contributed by atoms with van der Waals surface area (Å²) in [5.41, 5.74) is 1.75. The first-order valence-corrected chi connectivity index (χ1v) is 7.38. The average Bonchev–Trinajstić information content (AvgIpc) is 2.64. The van der Waals surface area contributed by atoms with Crippen LogP contribution in [0.15, 0.2) is 24.3 Å². The summed E-state index contributed by atoms with van der Waals surface area (Å²) >= 11 is 0. The van der Waals surface area contributed by atoms with Gasteiger partial charge in [-0.2, -0.15) is 0 Å². The van der Waals surface area contributed by atoms with Crippen molar-refractivity contribution < 1.29 is 4.79 Å². The third-order valence-electron chi connectivity index (χ3n) is 3.84. The number of carbonyl (C=O) groups excluding carboxylic acids is 1. The Morgan fingerprint density at radius 2 is 2.11 bits per heavy atom. The third kappa shape index (κ3) is 3.28. The molecule has 1 N–H and O–H groups in total. The van der Waals surface area contributed by atoms with E-state index in [4.69, 9.17) is 0 Å². The van der Waals surface area contributed by atoms with Gasteiger partial charge in [0.25, 0.3) is 5.91 Å². The Balaban J connectivity index is 2.22. The number of hydrogen-bond donors (Lipinski definition) is 1. The molecule has 1 amide bonds. The molecule has 2 rings (SSSR count). The van der Waals surface area contributed by atoms with Crippen LogP contribution in [0.4, 0.5) is 5.69 Å². The van der Waals surface area contributed by atoms with Crippen molar-refractivity contribution in [3.63, 3.8) is 0 Å². The molecular formula is C16H24N2O. The molecule has 3 nitrogen and oxygen atoms in total. The predicted molar refractivity (Wildman–Crippen MR) is 79.6 cm³/mol. The van der Waals surface area contributed by atoms with Crippen molar-refractivity contribution in [3.8, 4) is 0 Å². The molecule has 1 aromatic carbocycles. The molecule has 0 aromatic heterocycles. The van der Waals surface area contributed by atoms with E-state index in [1.165, 1.54) is 12.8 Å². The summed E-state index contributed by atoms with van der Waals surface area (Å²) in [7, 11) is 0. The molecule has 0 saturated carbocycles. The summed E-state index contributed by atoms with van der Waals surface area (Å²) in [6, 6.07) is 8.18. The highest BCUT2D eigenvalue weighted by atomic mass is 16.2. The quantitative estimate of drug-likeness (QED) is 0.901. The lowest BCUT2D eigenvalue weighted by atomic mass is 10.1. The Hall–Kier alpha value is -1.51. The zero-order chi connectivity index (χ0) is 13.7. The number of rotatable bonds is 3. The van der Waals surface area contributed by atoms with Gasteiger partial charge < -0.3 is 10.2 Å². The molecule has 104 valence electrons. The van der Waals surface area contributed by atoms with E-state index in [9.17, 15) is 4.79 Å². The van der Waals surface area contributed by atoms with Crippen LogP contribution in [0.5, 0.6) is 0 Å². The van der Waals surface area contributed by atoms with Crippen molar-refractivity contribution >= 4 is 11.6 Å². The van der Waals surface area contributed by atoms with Crippen LogP contribution in [0.1, 0.15) is 49.9 Å². The van der Waals surface area contributed by atoms with Gasteiger partial charge in [-0.3, -0.25) is 4.79 Å². The summed E-state index contributed by atoms with van der Waals surface area (Å²) in [5.74, 6) is 0.172. The highest BCUT2D eigenvalue weighted by molar-refractivity contribution is 5.99. The SMILES string of the molecule is CCNc1ccccc1C(=O)N1CCCCCC1C. The second kappa shape index (κ2) is 6.60. The lowest BCUT2D eigenvalue weighted by molar-refractivity contribution is 0.0699. The van der Waals surface area contributed by atoms with Gasteiger partial charge in [0.1, 0.15) is 0 Å². The summed E-state index contributed by atoms with van der Waals surface area (Å²) in [6.45, 7) is 5.94. The van der Waals surface area contributed by atoms with Crippen LogP contribution in [-0.4, -0.2) is 29.9 Å². The summed E-state index contributed by atoms with van der Waals surface area (Å²) < 4.78 is 0. The Morgan fingerprint density at radius 3 is 2.89 bits per heavy atom. The van der Waals surface area contributed by atoms with E-state index in [0.29, 0.717) is 6.04 Å². The number of benzene rings is 1. The highest BCUT2D eigenvalue weighted by Gasteiger charge is 2.24. The maximum atomic E-state index is 12.7. The molecule has 1 aliphatic rings. The maximum Gasteiger partial charge on any atom is 0.256 e. The topological polar surface area (TPSA) is 32.3 Å². The van der Waals surface area contributed by atoms with Gasteiger partial charge in [0.2, 0.25) is 0 Å². The number of para-hydroxylation sites is 1. The number of carbonyl (C=O) groups is 1. The molecule has 0 spiro atoms. The van der Waals surface area contributed by atoms with Crippen LogP contribution >= 0.6 is 0 Å². The minimum Gasteiger partial charge on any atom is -0.385 e. The van der Waals surface area contributed by atoms with Crippen LogP contribution in [0.3, 0.4) is 0 Å². The van der Waals surface area contributed by atoms with E-state index >= 15 is 0 Å². The summed E-state index contributed by atoms with van der Waals surface area (Å²) in [5, 5.41) is 3.28. The number of nitrogens with one attached hydrogen (secondary N) is 1. The highest BCUT2D eigenvalue weighted by Crippen LogP contribution is 2.22. The minimum atomic E-state index is 0.172. The third-order valence-corrected chi connectivity index (χ3v) is 3.84. The molecule has 0 bridgehead atoms. The normalized spacial score (nSPS) is 19.9. The van der Waals surface area contributed by atoms with E-state index in [1.807, 2.05) is 29.2 Å². The van der Waals surface area contributed by atoms with E-state index in [0.717, 1.165) is 37.2 Å². The Morgan fingerprint density at radius 1 is 1.32 bits per heavy atom. The molecule has 3 heteroatoms. The Bertz CT molecular complexity index is 431. The van der Waals surface area contributed by atoms with E-state index in [2.05, 4.69) is 19.2 Å². The fourth-order valence-corrected chi connectivity index (χ4v) is 2.75. The fraction of sp³-hybridized carbons (Fsp3) is 0.562. The average molecular weight is 260 g/mol. The van der Waals surface area contributed by atoms with Crippen LogP contribution in [0.25, 0.3) is 0 Å². The second-order valence-corrected chi connectivity index (χ2v) is 5.27. The van der Waals surface area contributed by atoms with Crippen molar-refractivity contribution in [2.75, 3.05) is 18.4 Å². The molecular weight excluding hydrogens is 236 g/mol. The van der Waals surface area contributed by atoms with Crippen molar-refractivity contribution in [2.24, 2.45) is 0 Å². The molecule has 0 radical (unpaired) electrons. The lowest BCUT2D eigenvalue weighted by Gasteiger charge is -2.28. The van der Waals surface area contributed by atoms with Crippen molar-refractivity contribution in [2.45, 2.75) is 45.6 Å². The first kappa shape index (κ1) is 13.9. The molecule has 1 heterocycles. The van der Waals surface area contributed by atoms with Gasteiger partial charge in [0, 0.05) is 24.8 Å². The standard InChI is InChI=1S/C16H24N2O/c1-3-17-15-11-7-6-10-14(15)16(19)18-12-8-4-5-9-13(18)2/h6-7,10-11,13,17H,3-5,8-9,12H2,1-2H3. The van der Waals surface area contributed by atoms with E-state index in [1.54, 1.807) is 0 Å². The molecule has 1 atom stereocenters. The van der Waals surface area contributed by atoms with Crippen LogP contribution in [-0.2, 0) is 0 Å². The van der Waals surface area contributed by atoms with Crippen molar-refractivity contribution in [1.82, 2.24) is 4.90 Å². The van der Waals surface area contributed by atoms with Crippen molar-refractivity contribution in [1.29, 1.82) is 0 Å². The van der Waals surface area contributed by atoms with E-state index in [-0.39, 0.29) is 5.91 Å². The molecule has 1 unspecified atom stereocenters. The first-order valence-electron chi connectivity index (χ1n) is 7.38. The summed E-state index contributed by atoms with van der Waals surface area (Å²) in [6.07, 6.45) is 4.72. The Kier molecular flexibility index (Phi) is 4.83. The number of likely N-dealkylation sites (tertiary alicyclic amines) is 1. The predicted octanol–water partition coefficient (Wildman–Crippen LogP) is 3.52. The van der Waals surface area contributed by atoms with Crippen LogP contribution in [0, 0.1) is 0 Å². The molecule has 1 aromatic rings. The lowest BCUT2D eigenvalue weighted by Crippen LogP contribution is -2.38. The number of hydrogen-bond acceptors (Lipinski definition) is 2. The van der Waals surface area contributed by atoms with Gasteiger partial charge >= 0.3 is 0 Å². The molecule has 1 saturated heterocycles. The number of anilines is 1. The maximum absolute atomic E-state index is 12.7. The summed E-state index contributed by atoms with van der Waals surface area (Å²) in [4.78, 5) is 14.8. The Labute approximate surface area is 116 Å². The zero-order valence-corrected chi connectivity index (χ0v) is 12.0. The monoisotopic (exact) mass is 260 g/mol. The van der Waals surface area contributed by atoms with Crippen molar-refractivity contribution in [3.05, 3.63) is 29.8 Å². The van der Waals surface area contributed by atoms with Gasteiger partial charge in [0.15, 0.2) is 0 Å². The van der Waals surface area contributed by atoms with Crippen LogP contribution in [0.2, 0.25) is 0 Å². The van der Waals surface area contributed by atoms with Gasteiger partial charge in [-0.25, -0.2) is 0 Å². The second-order valence-electron chi connectivity index (χ2n) is 5.27. The molecule has 1 fully saturated rings. The fourth-order valence-electron chi connectivity index (χ4n) is 2.75. The molecule has 1 aliphatic heterocycles. The first-order chi connectivity index (χ1) is 9.24. The number of nitrogens with zero attached hydrogens (tertiary/aromatic N) is 1. The van der Waals surface area contributed by atoms with Crippen LogP contribution < -0.4 is 5.32 Å². The minimum absolute atomic E-state index is 0.172.